The van der Waals surface area contributed by atoms with E-state index in [2.05, 4.69) is 21.0 Å². The van der Waals surface area contributed by atoms with Crippen molar-refractivity contribution < 1.29 is 4.79 Å². The molecule has 0 spiro atoms. The van der Waals surface area contributed by atoms with Crippen LogP contribution in [0.4, 0.5) is 0 Å². The lowest BCUT2D eigenvalue weighted by Crippen LogP contribution is -2.31. The van der Waals surface area contributed by atoms with E-state index in [0.717, 1.165) is 31.2 Å². The second-order valence-electron chi connectivity index (χ2n) is 6.19. The molecule has 2 aromatic carbocycles. The summed E-state index contributed by atoms with van der Waals surface area (Å²) in [6.45, 7) is 2.01. The molecular formula is C20H18N4OS2. The summed E-state index contributed by atoms with van der Waals surface area (Å²) in [5, 5.41) is 2.75. The van der Waals surface area contributed by atoms with Crippen molar-refractivity contribution in [2.24, 2.45) is 0 Å². The third-order valence-electron chi connectivity index (χ3n) is 4.48. The minimum Gasteiger partial charge on any atom is -0.336 e. The molecule has 4 rings (SSSR count). The first-order valence-electron chi connectivity index (χ1n) is 8.57. The number of fused-ring (bicyclic) bond motifs is 2. The van der Waals surface area contributed by atoms with E-state index in [1.165, 1.54) is 11.8 Å². The molecule has 0 saturated heterocycles. The molecule has 2 aromatic heterocycles. The van der Waals surface area contributed by atoms with Gasteiger partial charge >= 0.3 is 0 Å². The summed E-state index contributed by atoms with van der Waals surface area (Å²) >= 11 is 3.08. The van der Waals surface area contributed by atoms with Gasteiger partial charge in [-0.25, -0.2) is 15.0 Å². The first kappa shape index (κ1) is 17.9. The Morgan fingerprint density at radius 3 is 2.67 bits per heavy atom. The number of thiazole rings is 1. The fourth-order valence-corrected chi connectivity index (χ4v) is 4.75. The summed E-state index contributed by atoms with van der Waals surface area (Å²) in [4.78, 5) is 27.8. The van der Waals surface area contributed by atoms with Gasteiger partial charge in [0.25, 0.3) is 0 Å². The van der Waals surface area contributed by atoms with Crippen LogP contribution < -0.4 is 0 Å². The van der Waals surface area contributed by atoms with Crippen LogP contribution in [0.1, 0.15) is 18.0 Å². The number of hydrogen-bond donors (Lipinski definition) is 0. The van der Waals surface area contributed by atoms with Gasteiger partial charge in [0.1, 0.15) is 16.4 Å². The van der Waals surface area contributed by atoms with Crippen LogP contribution in [-0.4, -0.2) is 38.6 Å². The van der Waals surface area contributed by atoms with Gasteiger partial charge in [-0.2, -0.15) is 0 Å². The highest BCUT2D eigenvalue weighted by Gasteiger charge is 2.21. The summed E-state index contributed by atoms with van der Waals surface area (Å²) < 4.78 is 1.14. The van der Waals surface area contributed by atoms with Crippen LogP contribution >= 0.6 is 23.1 Å². The number of para-hydroxylation sites is 2. The van der Waals surface area contributed by atoms with E-state index in [-0.39, 0.29) is 11.9 Å². The average molecular weight is 395 g/mol. The smallest absolute Gasteiger partial charge is 0.233 e. The first-order chi connectivity index (χ1) is 13.1. The monoisotopic (exact) mass is 394 g/mol. The number of aromatic nitrogens is 3. The van der Waals surface area contributed by atoms with Crippen LogP contribution in [0, 0.1) is 0 Å². The highest BCUT2D eigenvalue weighted by molar-refractivity contribution is 8.00. The molecule has 1 atom stereocenters. The van der Waals surface area contributed by atoms with E-state index in [9.17, 15) is 4.79 Å². The Balaban J connectivity index is 1.47. The van der Waals surface area contributed by atoms with Crippen LogP contribution in [-0.2, 0) is 4.79 Å². The van der Waals surface area contributed by atoms with E-state index in [4.69, 9.17) is 0 Å². The van der Waals surface area contributed by atoms with Crippen molar-refractivity contribution >= 4 is 50.1 Å². The van der Waals surface area contributed by atoms with Gasteiger partial charge in [0.05, 0.1) is 27.5 Å². The quantitative estimate of drug-likeness (QED) is 0.367. The van der Waals surface area contributed by atoms with E-state index < -0.39 is 0 Å². The molecule has 0 bridgehead atoms. The minimum atomic E-state index is -0.0716. The molecule has 0 aliphatic carbocycles. The normalized spacial score (nSPS) is 12.4. The molecule has 0 radical (unpaired) electrons. The fraction of sp³-hybridized carbons (Fsp3) is 0.200. The van der Waals surface area contributed by atoms with Crippen LogP contribution in [0.15, 0.2) is 59.9 Å². The average Bonchev–Trinajstić information content (AvgIpc) is 3.15. The van der Waals surface area contributed by atoms with Crippen LogP contribution in [0.2, 0.25) is 0 Å². The number of rotatable bonds is 5. The zero-order valence-corrected chi connectivity index (χ0v) is 16.6. The van der Waals surface area contributed by atoms with Gasteiger partial charge in [-0.3, -0.25) is 4.79 Å². The van der Waals surface area contributed by atoms with Crippen molar-refractivity contribution in [1.82, 2.24) is 19.9 Å². The number of benzene rings is 2. The van der Waals surface area contributed by atoms with Gasteiger partial charge in [0.2, 0.25) is 5.91 Å². The Morgan fingerprint density at radius 1 is 1.11 bits per heavy atom. The van der Waals surface area contributed by atoms with Crippen molar-refractivity contribution in [3.63, 3.8) is 0 Å². The highest BCUT2D eigenvalue weighted by atomic mass is 32.2. The lowest BCUT2D eigenvalue weighted by atomic mass is 10.2. The predicted octanol–water partition coefficient (Wildman–Crippen LogP) is 4.55. The summed E-state index contributed by atoms with van der Waals surface area (Å²) in [5.74, 6) is 0.377. The lowest BCUT2D eigenvalue weighted by molar-refractivity contribution is -0.128. The SMILES string of the molecule is C[C@@H](c1nc2ccccc2s1)N(C)C(=O)CSc1ncnc2ccccc12. The second-order valence-corrected chi connectivity index (χ2v) is 8.21. The Kier molecular flexibility index (Phi) is 5.05. The minimum absolute atomic E-state index is 0.0504. The fourth-order valence-electron chi connectivity index (χ4n) is 2.78. The number of thioether (sulfide) groups is 1. The van der Waals surface area contributed by atoms with Gasteiger partial charge in [-0.1, -0.05) is 42.1 Å². The Morgan fingerprint density at radius 2 is 1.85 bits per heavy atom. The van der Waals surface area contributed by atoms with Crippen LogP contribution in [0.25, 0.3) is 21.1 Å². The van der Waals surface area contributed by atoms with E-state index in [1.54, 1.807) is 22.6 Å². The second kappa shape index (κ2) is 7.62. The maximum absolute atomic E-state index is 12.7. The highest BCUT2D eigenvalue weighted by Crippen LogP contribution is 2.30. The molecular weight excluding hydrogens is 376 g/mol. The number of carbonyl (C=O) groups is 1. The molecule has 4 aromatic rings. The Bertz CT molecular complexity index is 1070. The molecule has 0 aliphatic heterocycles. The van der Waals surface area contributed by atoms with Gasteiger partial charge in [-0.15, -0.1) is 11.3 Å². The predicted molar refractivity (Wildman–Crippen MR) is 111 cm³/mol. The molecule has 136 valence electrons. The van der Waals surface area contributed by atoms with Gasteiger partial charge in [-0.05, 0) is 25.1 Å². The van der Waals surface area contributed by atoms with Crippen molar-refractivity contribution in [2.45, 2.75) is 18.0 Å². The molecule has 2 heterocycles. The van der Waals surface area contributed by atoms with E-state index >= 15 is 0 Å². The molecule has 1 amide bonds. The maximum Gasteiger partial charge on any atom is 0.233 e. The van der Waals surface area contributed by atoms with Crippen molar-refractivity contribution in [2.75, 3.05) is 12.8 Å². The molecule has 0 saturated carbocycles. The Hall–Kier alpha value is -2.51. The summed E-state index contributed by atoms with van der Waals surface area (Å²) in [5.41, 5.74) is 1.87. The molecule has 0 N–H and O–H groups in total. The lowest BCUT2D eigenvalue weighted by Gasteiger charge is -2.23. The van der Waals surface area contributed by atoms with Crippen LogP contribution in [0.3, 0.4) is 0 Å². The molecule has 7 heteroatoms. The standard InChI is InChI=1S/C20H18N4OS2/c1-13(19-23-16-9-5-6-10-17(16)27-19)24(2)18(25)11-26-20-14-7-3-4-8-15(14)21-12-22-20/h3-10,12-13H,11H2,1-2H3/t13-/m0/s1. The zero-order chi connectivity index (χ0) is 18.8. The van der Waals surface area contributed by atoms with Gasteiger partial charge in [0, 0.05) is 12.4 Å². The summed E-state index contributed by atoms with van der Waals surface area (Å²) in [7, 11) is 1.83. The third kappa shape index (κ3) is 3.65. The molecule has 0 unspecified atom stereocenters. The van der Waals surface area contributed by atoms with E-state index in [0.29, 0.717) is 5.75 Å². The molecule has 0 aliphatic rings. The zero-order valence-electron chi connectivity index (χ0n) is 15.0. The van der Waals surface area contributed by atoms with Crippen LogP contribution in [0.5, 0.6) is 0 Å². The Labute approximate surface area is 165 Å². The number of amides is 1. The van der Waals surface area contributed by atoms with Gasteiger partial charge < -0.3 is 4.90 Å². The summed E-state index contributed by atoms with van der Waals surface area (Å²) in [6, 6.07) is 15.8. The van der Waals surface area contributed by atoms with E-state index in [1.807, 2.05) is 56.4 Å². The first-order valence-corrected chi connectivity index (χ1v) is 10.4. The maximum atomic E-state index is 12.7. The topological polar surface area (TPSA) is 59.0 Å². The number of hydrogen-bond acceptors (Lipinski definition) is 6. The van der Waals surface area contributed by atoms with Gasteiger partial charge in [0.15, 0.2) is 0 Å². The largest absolute Gasteiger partial charge is 0.336 e. The molecule has 0 fully saturated rings. The van der Waals surface area contributed by atoms with Crippen molar-refractivity contribution in [3.05, 3.63) is 59.9 Å². The number of nitrogens with zero attached hydrogens (tertiary/aromatic N) is 4. The van der Waals surface area contributed by atoms with Crippen molar-refractivity contribution in [3.8, 4) is 0 Å². The van der Waals surface area contributed by atoms with Crippen molar-refractivity contribution in [1.29, 1.82) is 0 Å². The number of carbonyl (C=O) groups excluding carboxylic acids is 1. The molecule has 5 nitrogen and oxygen atoms in total. The third-order valence-corrected chi connectivity index (χ3v) is 6.68. The summed E-state index contributed by atoms with van der Waals surface area (Å²) in [6.07, 6.45) is 1.54. The molecule has 27 heavy (non-hydrogen) atoms.